The fourth-order valence-electron chi connectivity index (χ4n) is 3.60. The van der Waals surface area contributed by atoms with Gasteiger partial charge in [0.1, 0.15) is 17.3 Å². The summed E-state index contributed by atoms with van der Waals surface area (Å²) in [6, 6.07) is 1.02. The Bertz CT molecular complexity index is 807. The number of pyridine rings is 1. The minimum Gasteiger partial charge on any atom is -0.477 e. The van der Waals surface area contributed by atoms with Crippen molar-refractivity contribution in [1.82, 2.24) is 15.2 Å². The average molecular weight is 429 g/mol. The normalized spacial score (nSPS) is 22.3. The fourth-order valence-corrected chi connectivity index (χ4v) is 3.60. The molecule has 0 radical (unpaired) electrons. The van der Waals surface area contributed by atoms with E-state index in [9.17, 15) is 22.8 Å². The lowest BCUT2D eigenvalue weighted by Gasteiger charge is -2.26. The van der Waals surface area contributed by atoms with Crippen LogP contribution in [0, 0.1) is 5.92 Å². The average Bonchev–Trinajstić information content (AvgIpc) is 2.88. The van der Waals surface area contributed by atoms with Gasteiger partial charge in [-0.3, -0.25) is 9.59 Å². The van der Waals surface area contributed by atoms with Gasteiger partial charge < -0.3 is 19.7 Å². The molecular formula is C20H26F3N3O4. The van der Waals surface area contributed by atoms with Crippen LogP contribution in [0.1, 0.15) is 49.2 Å². The number of nitrogens with one attached hydrogen (secondary N) is 1. The summed E-state index contributed by atoms with van der Waals surface area (Å²) in [6.07, 6.45) is -2.90. The Morgan fingerprint density at radius 3 is 2.57 bits per heavy atom. The van der Waals surface area contributed by atoms with Gasteiger partial charge >= 0.3 is 6.18 Å². The van der Waals surface area contributed by atoms with Crippen molar-refractivity contribution in [1.29, 1.82) is 0 Å². The van der Waals surface area contributed by atoms with Crippen molar-refractivity contribution in [2.45, 2.75) is 50.9 Å². The molecule has 0 bridgehead atoms. The first-order valence-electron chi connectivity index (χ1n) is 9.86. The zero-order valence-electron chi connectivity index (χ0n) is 17.2. The number of hydrogen-bond acceptors (Lipinski definition) is 5. The zero-order chi connectivity index (χ0) is 22.1. The molecule has 2 amide bonds. The number of nitrogens with zero attached hydrogens (tertiary/aromatic N) is 2. The molecule has 3 heterocycles. The number of likely N-dealkylation sites (tertiary alicyclic amines) is 1. The van der Waals surface area contributed by atoms with E-state index < -0.39 is 35.1 Å². The number of rotatable bonds is 5. The van der Waals surface area contributed by atoms with Gasteiger partial charge in [0.15, 0.2) is 0 Å². The van der Waals surface area contributed by atoms with Gasteiger partial charge in [0.2, 0.25) is 11.8 Å². The topological polar surface area (TPSA) is 80.8 Å². The van der Waals surface area contributed by atoms with E-state index in [1.165, 1.54) is 0 Å². The van der Waals surface area contributed by atoms with Crippen LogP contribution in [-0.4, -0.2) is 60.1 Å². The maximum atomic E-state index is 13.4. The number of aromatic nitrogens is 1. The second-order valence-electron chi connectivity index (χ2n) is 8.35. The van der Waals surface area contributed by atoms with Crippen molar-refractivity contribution in [3.8, 4) is 5.88 Å². The number of halogens is 3. The Labute approximate surface area is 172 Å². The Kier molecular flexibility index (Phi) is 6.26. The lowest BCUT2D eigenvalue weighted by atomic mass is 10.0. The lowest BCUT2D eigenvalue weighted by molar-refractivity contribution is -0.139. The summed E-state index contributed by atoms with van der Waals surface area (Å²) in [7, 11) is 1.65. The van der Waals surface area contributed by atoms with Crippen LogP contribution < -0.4 is 10.1 Å². The van der Waals surface area contributed by atoms with Crippen LogP contribution in [0.2, 0.25) is 0 Å². The quantitative estimate of drug-likeness (QED) is 0.779. The molecule has 2 fully saturated rings. The van der Waals surface area contributed by atoms with Gasteiger partial charge in [-0.25, -0.2) is 4.98 Å². The van der Waals surface area contributed by atoms with E-state index in [1.807, 2.05) is 13.8 Å². The molecule has 0 aliphatic carbocycles. The number of carbonyl (C=O) groups excluding carboxylic acids is 2. The van der Waals surface area contributed by atoms with Crippen LogP contribution in [0.5, 0.6) is 5.88 Å². The van der Waals surface area contributed by atoms with Crippen molar-refractivity contribution in [3.05, 3.63) is 23.4 Å². The highest BCUT2D eigenvalue weighted by atomic mass is 19.4. The number of ether oxygens (including phenoxy) is 2. The summed E-state index contributed by atoms with van der Waals surface area (Å²) in [5.74, 6) is -1.54. The summed E-state index contributed by atoms with van der Waals surface area (Å²) < 4.78 is 50.7. The predicted molar refractivity (Wildman–Crippen MR) is 101 cm³/mol. The Hall–Kier alpha value is -2.36. The first-order valence-corrected chi connectivity index (χ1v) is 9.86. The number of likely N-dealkylation sites (N-methyl/N-ethyl adjacent to an activating group) is 1. The molecule has 1 atom stereocenters. The molecule has 1 aromatic rings. The van der Waals surface area contributed by atoms with Gasteiger partial charge in [0.05, 0.1) is 6.61 Å². The third-order valence-electron chi connectivity index (χ3n) is 5.74. The molecule has 166 valence electrons. The molecule has 7 nitrogen and oxygen atoms in total. The molecule has 0 unspecified atom stereocenters. The van der Waals surface area contributed by atoms with E-state index in [2.05, 4.69) is 10.3 Å². The first-order chi connectivity index (χ1) is 14.0. The van der Waals surface area contributed by atoms with Crippen LogP contribution in [-0.2, 0) is 15.7 Å². The zero-order valence-corrected chi connectivity index (χ0v) is 17.2. The maximum Gasteiger partial charge on any atom is 0.421 e. The van der Waals surface area contributed by atoms with Crippen LogP contribution in [0.3, 0.4) is 0 Å². The molecule has 0 spiro atoms. The van der Waals surface area contributed by atoms with Crippen molar-refractivity contribution in [2.75, 3.05) is 26.9 Å². The summed E-state index contributed by atoms with van der Waals surface area (Å²) in [6.45, 7) is 4.88. The minimum absolute atomic E-state index is 0.0601. The van der Waals surface area contributed by atoms with Crippen molar-refractivity contribution in [3.63, 3.8) is 0 Å². The van der Waals surface area contributed by atoms with Crippen LogP contribution in [0.15, 0.2) is 12.1 Å². The first kappa shape index (κ1) is 22.3. The predicted octanol–water partition coefficient (Wildman–Crippen LogP) is 2.64. The van der Waals surface area contributed by atoms with E-state index in [0.717, 1.165) is 12.1 Å². The molecular weight excluding hydrogens is 403 g/mol. The van der Waals surface area contributed by atoms with Crippen molar-refractivity contribution in [2.24, 2.45) is 5.92 Å². The Morgan fingerprint density at radius 2 is 2.00 bits per heavy atom. The van der Waals surface area contributed by atoms with E-state index in [1.54, 1.807) is 11.9 Å². The minimum atomic E-state index is -4.67. The van der Waals surface area contributed by atoms with Gasteiger partial charge in [0.25, 0.3) is 5.91 Å². The summed E-state index contributed by atoms with van der Waals surface area (Å²) in [5.41, 5.74) is -1.70. The monoisotopic (exact) mass is 429 g/mol. The summed E-state index contributed by atoms with van der Waals surface area (Å²) in [5, 5.41) is 2.58. The molecule has 2 saturated heterocycles. The highest BCUT2D eigenvalue weighted by Gasteiger charge is 2.43. The standard InChI is InChI=1S/C20H26F3N3O4/c1-19(2)10-15(18(28)26(19)3)24-16(27)14-5-4-13(20(21,22)23)17(25-14)30-11-12-6-8-29-9-7-12/h4-5,12,15H,6-11H2,1-3H3,(H,24,27)/t15-/m0/s1. The molecule has 10 heteroatoms. The van der Waals surface area contributed by atoms with Gasteiger partial charge in [-0.05, 0) is 51.2 Å². The van der Waals surface area contributed by atoms with Gasteiger partial charge in [0, 0.05) is 25.8 Å². The van der Waals surface area contributed by atoms with Gasteiger partial charge in [-0.15, -0.1) is 0 Å². The van der Waals surface area contributed by atoms with Crippen molar-refractivity contribution < 1.29 is 32.2 Å². The summed E-state index contributed by atoms with van der Waals surface area (Å²) >= 11 is 0. The second-order valence-corrected chi connectivity index (χ2v) is 8.35. The fraction of sp³-hybridized carbons (Fsp3) is 0.650. The molecule has 30 heavy (non-hydrogen) atoms. The molecule has 0 saturated carbocycles. The number of alkyl halides is 3. The molecule has 0 aromatic carbocycles. The van der Waals surface area contributed by atoms with Crippen LogP contribution in [0.25, 0.3) is 0 Å². The largest absolute Gasteiger partial charge is 0.477 e. The molecule has 2 aliphatic rings. The number of amides is 2. The highest BCUT2D eigenvalue weighted by molar-refractivity contribution is 5.97. The molecule has 1 N–H and O–H groups in total. The third kappa shape index (κ3) is 4.85. The van der Waals surface area contributed by atoms with Crippen LogP contribution >= 0.6 is 0 Å². The lowest BCUT2D eigenvalue weighted by Crippen LogP contribution is -2.41. The van der Waals surface area contributed by atoms with E-state index in [0.29, 0.717) is 32.5 Å². The Balaban J connectivity index is 1.76. The van der Waals surface area contributed by atoms with E-state index in [-0.39, 0.29) is 24.1 Å². The van der Waals surface area contributed by atoms with E-state index >= 15 is 0 Å². The third-order valence-corrected chi connectivity index (χ3v) is 5.74. The van der Waals surface area contributed by atoms with Crippen LogP contribution in [0.4, 0.5) is 13.2 Å². The molecule has 2 aliphatic heterocycles. The SMILES string of the molecule is CN1C(=O)[C@@H](NC(=O)c2ccc(C(F)(F)F)c(OCC3CCOCC3)n2)CC1(C)C. The van der Waals surface area contributed by atoms with E-state index in [4.69, 9.17) is 9.47 Å². The molecule has 3 rings (SSSR count). The smallest absolute Gasteiger partial charge is 0.421 e. The molecule has 1 aromatic heterocycles. The van der Waals surface area contributed by atoms with Gasteiger partial charge in [-0.2, -0.15) is 13.2 Å². The summed E-state index contributed by atoms with van der Waals surface area (Å²) in [4.78, 5) is 30.3. The Morgan fingerprint density at radius 1 is 1.33 bits per heavy atom. The van der Waals surface area contributed by atoms with Gasteiger partial charge in [-0.1, -0.05) is 0 Å². The highest BCUT2D eigenvalue weighted by Crippen LogP contribution is 2.36. The number of hydrogen-bond donors (Lipinski definition) is 1. The maximum absolute atomic E-state index is 13.4. The second kappa shape index (κ2) is 8.41. The number of carbonyl (C=O) groups is 2. The van der Waals surface area contributed by atoms with Crippen molar-refractivity contribution >= 4 is 11.8 Å².